The van der Waals surface area contributed by atoms with Crippen LogP contribution in [-0.2, 0) is 5.41 Å². The third kappa shape index (κ3) is 1.78. The molecule has 1 aliphatic rings. The van der Waals surface area contributed by atoms with Crippen molar-refractivity contribution >= 4 is 16.9 Å². The zero-order valence-electron chi connectivity index (χ0n) is 9.74. The first-order valence-electron chi connectivity index (χ1n) is 5.36. The predicted molar refractivity (Wildman–Crippen MR) is 67.1 cm³/mol. The Hall–Kier alpha value is -0.890. The number of nitrogens with zero attached hydrogens (tertiary/aromatic N) is 1. The second-order valence-corrected chi connectivity index (χ2v) is 5.74. The molecule has 2 rings (SSSR count). The zero-order chi connectivity index (χ0) is 11.1. The highest BCUT2D eigenvalue weighted by molar-refractivity contribution is 7.10. The van der Waals surface area contributed by atoms with Crippen molar-refractivity contribution in [3.63, 3.8) is 0 Å². The number of fused-ring (bicyclic) bond motifs is 1. The molecular weight excluding hydrogens is 202 g/mol. The van der Waals surface area contributed by atoms with E-state index in [1.54, 1.807) is 11.3 Å². The monoisotopic (exact) mass is 219 g/mol. The number of thiazole rings is 1. The number of hydrogen-bond acceptors (Lipinski definition) is 2. The molecule has 0 saturated heterocycles. The quantitative estimate of drug-likeness (QED) is 0.695. The standard InChI is InChI=1S/C13H17NS/c1-9(2)10-6-5-7-13(3,4)12-11(10)14-8-15-12/h5-9H,1-4H3. The van der Waals surface area contributed by atoms with Crippen LogP contribution in [0.1, 0.15) is 38.3 Å². The molecule has 2 heteroatoms. The van der Waals surface area contributed by atoms with E-state index in [2.05, 4.69) is 50.9 Å². The van der Waals surface area contributed by atoms with Crippen molar-refractivity contribution < 1.29 is 0 Å². The van der Waals surface area contributed by atoms with E-state index in [1.807, 2.05) is 5.51 Å². The predicted octanol–water partition coefficient (Wildman–Crippen LogP) is 4.03. The maximum absolute atomic E-state index is 4.53. The molecule has 1 nitrogen and oxygen atoms in total. The Balaban J connectivity index is 2.59. The van der Waals surface area contributed by atoms with Gasteiger partial charge in [0, 0.05) is 10.3 Å². The summed E-state index contributed by atoms with van der Waals surface area (Å²) >= 11 is 1.76. The van der Waals surface area contributed by atoms with Gasteiger partial charge in [0.1, 0.15) is 0 Å². The highest BCUT2D eigenvalue weighted by atomic mass is 32.1. The Morgan fingerprint density at radius 3 is 2.73 bits per heavy atom. The van der Waals surface area contributed by atoms with Gasteiger partial charge in [-0.05, 0) is 11.5 Å². The van der Waals surface area contributed by atoms with Gasteiger partial charge >= 0.3 is 0 Å². The lowest BCUT2D eigenvalue weighted by Gasteiger charge is -2.19. The van der Waals surface area contributed by atoms with E-state index in [0.29, 0.717) is 5.92 Å². The molecule has 0 saturated carbocycles. The fraction of sp³-hybridized carbons (Fsp3) is 0.462. The first kappa shape index (κ1) is 10.6. The van der Waals surface area contributed by atoms with Crippen molar-refractivity contribution in [1.82, 2.24) is 4.98 Å². The molecule has 0 aromatic carbocycles. The van der Waals surface area contributed by atoms with E-state index in [1.165, 1.54) is 16.1 Å². The average Bonchev–Trinajstić information content (AvgIpc) is 2.56. The van der Waals surface area contributed by atoms with Crippen molar-refractivity contribution in [2.45, 2.75) is 33.1 Å². The third-order valence-electron chi connectivity index (χ3n) is 2.84. The van der Waals surface area contributed by atoms with Crippen LogP contribution in [0.4, 0.5) is 0 Å². The molecule has 0 N–H and O–H groups in total. The lowest BCUT2D eigenvalue weighted by molar-refractivity contribution is 0.681. The minimum atomic E-state index is 0.115. The van der Waals surface area contributed by atoms with Crippen LogP contribution in [-0.4, -0.2) is 4.98 Å². The summed E-state index contributed by atoms with van der Waals surface area (Å²) in [7, 11) is 0. The largest absolute Gasteiger partial charge is 0.245 e. The van der Waals surface area contributed by atoms with E-state index < -0.39 is 0 Å². The summed E-state index contributed by atoms with van der Waals surface area (Å²) in [5.41, 5.74) is 4.63. The van der Waals surface area contributed by atoms with Crippen LogP contribution in [0.5, 0.6) is 0 Å². The van der Waals surface area contributed by atoms with Gasteiger partial charge in [-0.1, -0.05) is 45.9 Å². The fourth-order valence-corrected chi connectivity index (χ4v) is 2.84. The smallest absolute Gasteiger partial charge is 0.0814 e. The topological polar surface area (TPSA) is 12.9 Å². The molecule has 80 valence electrons. The summed E-state index contributed by atoms with van der Waals surface area (Å²) in [6, 6.07) is 0. The number of allylic oxidation sites excluding steroid dienone is 4. The normalized spacial score (nSPS) is 18.6. The SMILES string of the molecule is CC(C)C1=CC=CC(C)(C)c2scnc21. The van der Waals surface area contributed by atoms with Crippen LogP contribution < -0.4 is 0 Å². The van der Waals surface area contributed by atoms with Crippen molar-refractivity contribution in [3.05, 3.63) is 34.3 Å². The highest BCUT2D eigenvalue weighted by Crippen LogP contribution is 2.38. The minimum absolute atomic E-state index is 0.115. The Morgan fingerprint density at radius 2 is 2.07 bits per heavy atom. The van der Waals surface area contributed by atoms with Crippen molar-refractivity contribution in [2.24, 2.45) is 5.92 Å². The van der Waals surface area contributed by atoms with Gasteiger partial charge in [0.15, 0.2) is 0 Å². The Kier molecular flexibility index (Phi) is 2.55. The minimum Gasteiger partial charge on any atom is -0.245 e. The van der Waals surface area contributed by atoms with Crippen LogP contribution in [0.25, 0.3) is 5.57 Å². The van der Waals surface area contributed by atoms with Gasteiger partial charge in [0.25, 0.3) is 0 Å². The third-order valence-corrected chi connectivity index (χ3v) is 4.00. The molecule has 0 fully saturated rings. The Bertz CT molecular complexity index is 421. The highest BCUT2D eigenvalue weighted by Gasteiger charge is 2.27. The van der Waals surface area contributed by atoms with Gasteiger partial charge in [-0.2, -0.15) is 0 Å². The second-order valence-electron chi connectivity index (χ2n) is 4.89. The summed E-state index contributed by atoms with van der Waals surface area (Å²) in [6.07, 6.45) is 6.64. The van der Waals surface area contributed by atoms with E-state index in [0.717, 1.165) is 0 Å². The molecule has 0 spiro atoms. The molecule has 0 aliphatic heterocycles. The van der Waals surface area contributed by atoms with E-state index in [9.17, 15) is 0 Å². The molecule has 0 atom stereocenters. The molecule has 0 radical (unpaired) electrons. The second kappa shape index (κ2) is 3.60. The van der Waals surface area contributed by atoms with Crippen LogP contribution in [0.2, 0.25) is 0 Å². The van der Waals surface area contributed by atoms with Gasteiger partial charge in [-0.15, -0.1) is 11.3 Å². The molecule has 1 aliphatic carbocycles. The van der Waals surface area contributed by atoms with Crippen LogP contribution in [0.15, 0.2) is 23.7 Å². The zero-order valence-corrected chi connectivity index (χ0v) is 10.6. The van der Waals surface area contributed by atoms with Crippen LogP contribution in [0.3, 0.4) is 0 Å². The summed E-state index contributed by atoms with van der Waals surface area (Å²) < 4.78 is 0. The molecule has 0 bridgehead atoms. The lowest BCUT2D eigenvalue weighted by atomic mass is 9.89. The molecule has 1 aromatic rings. The molecular formula is C13H17NS. The van der Waals surface area contributed by atoms with Gasteiger partial charge < -0.3 is 0 Å². The van der Waals surface area contributed by atoms with E-state index in [-0.39, 0.29) is 5.41 Å². The summed E-state index contributed by atoms with van der Waals surface area (Å²) in [5.74, 6) is 0.532. The first-order chi connectivity index (χ1) is 7.02. The van der Waals surface area contributed by atoms with Crippen molar-refractivity contribution in [3.8, 4) is 0 Å². The molecule has 0 unspecified atom stereocenters. The first-order valence-corrected chi connectivity index (χ1v) is 6.24. The molecule has 15 heavy (non-hydrogen) atoms. The molecule has 0 amide bonds. The van der Waals surface area contributed by atoms with Crippen LogP contribution in [0, 0.1) is 5.92 Å². The Labute approximate surface area is 95.6 Å². The van der Waals surface area contributed by atoms with Gasteiger partial charge in [0.2, 0.25) is 0 Å². The van der Waals surface area contributed by atoms with Crippen molar-refractivity contribution in [2.75, 3.05) is 0 Å². The van der Waals surface area contributed by atoms with E-state index >= 15 is 0 Å². The number of aromatic nitrogens is 1. The lowest BCUT2D eigenvalue weighted by Crippen LogP contribution is -2.13. The summed E-state index contributed by atoms with van der Waals surface area (Å²) in [4.78, 5) is 5.91. The average molecular weight is 219 g/mol. The maximum Gasteiger partial charge on any atom is 0.0814 e. The maximum atomic E-state index is 4.53. The Morgan fingerprint density at radius 1 is 1.33 bits per heavy atom. The van der Waals surface area contributed by atoms with Gasteiger partial charge in [0.05, 0.1) is 11.2 Å². The van der Waals surface area contributed by atoms with Gasteiger partial charge in [-0.3, -0.25) is 0 Å². The number of rotatable bonds is 1. The fourth-order valence-electron chi connectivity index (χ4n) is 1.92. The van der Waals surface area contributed by atoms with Crippen molar-refractivity contribution in [1.29, 1.82) is 0 Å². The molecule has 1 aromatic heterocycles. The molecule has 1 heterocycles. The van der Waals surface area contributed by atoms with Crippen LogP contribution >= 0.6 is 11.3 Å². The summed E-state index contributed by atoms with van der Waals surface area (Å²) in [6.45, 7) is 8.94. The van der Waals surface area contributed by atoms with Gasteiger partial charge in [-0.25, -0.2) is 4.98 Å². The number of hydrogen-bond donors (Lipinski definition) is 0. The van der Waals surface area contributed by atoms with E-state index in [4.69, 9.17) is 0 Å². The summed E-state index contributed by atoms with van der Waals surface area (Å²) in [5, 5.41) is 0.